The highest BCUT2D eigenvalue weighted by Crippen LogP contribution is 2.32. The van der Waals surface area contributed by atoms with Crippen LogP contribution in [0.4, 0.5) is 14.7 Å². The molecule has 40 heavy (non-hydrogen) atoms. The molecule has 5 rings (SSSR count). The summed E-state index contributed by atoms with van der Waals surface area (Å²) in [6.45, 7) is 4.61. The van der Waals surface area contributed by atoms with Crippen molar-refractivity contribution in [3.8, 4) is 11.3 Å². The molecule has 0 spiro atoms. The van der Waals surface area contributed by atoms with Gasteiger partial charge < -0.3 is 14.2 Å². The second-order valence-electron chi connectivity index (χ2n) is 10.2. The number of benzene rings is 3. The van der Waals surface area contributed by atoms with Gasteiger partial charge in [-0.05, 0) is 41.8 Å². The number of oxazole rings is 1. The molecule has 0 N–H and O–H groups in total. The molecule has 1 aliphatic heterocycles. The molecular weight excluding hydrogens is 510 g/mol. The van der Waals surface area contributed by atoms with Crippen molar-refractivity contribution in [3.05, 3.63) is 108 Å². The van der Waals surface area contributed by atoms with Crippen molar-refractivity contribution in [2.45, 2.75) is 25.8 Å². The summed E-state index contributed by atoms with van der Waals surface area (Å²) in [5, 5.41) is 0. The van der Waals surface area contributed by atoms with Crippen molar-refractivity contribution in [1.29, 1.82) is 0 Å². The molecule has 6 nitrogen and oxygen atoms in total. The molecule has 4 aromatic rings. The number of hydrogen-bond donors (Lipinski definition) is 0. The van der Waals surface area contributed by atoms with Crippen LogP contribution in [-0.4, -0.2) is 60.5 Å². The Kier molecular flexibility index (Phi) is 8.55. The lowest BCUT2D eigenvalue weighted by atomic mass is 9.96. The molecule has 1 fully saturated rings. The number of piperazine rings is 1. The largest absolute Gasteiger partial charge is 0.424 e. The predicted molar refractivity (Wildman–Crippen MR) is 152 cm³/mol. The topological polar surface area (TPSA) is 52.8 Å². The van der Waals surface area contributed by atoms with Crippen molar-refractivity contribution < 1.29 is 18.0 Å². The highest BCUT2D eigenvalue weighted by Gasteiger charge is 2.29. The van der Waals surface area contributed by atoms with Gasteiger partial charge in [-0.15, -0.1) is 0 Å². The van der Waals surface area contributed by atoms with Crippen LogP contribution in [0.1, 0.15) is 36.4 Å². The average Bonchev–Trinajstić information content (AvgIpc) is 3.40. The lowest BCUT2D eigenvalue weighted by molar-refractivity contribution is -0.131. The molecule has 1 aliphatic rings. The van der Waals surface area contributed by atoms with Crippen LogP contribution in [0.2, 0.25) is 0 Å². The van der Waals surface area contributed by atoms with E-state index in [1.807, 2.05) is 47.2 Å². The van der Waals surface area contributed by atoms with Crippen molar-refractivity contribution in [1.82, 2.24) is 14.8 Å². The summed E-state index contributed by atoms with van der Waals surface area (Å²) in [7, 11) is 1.86. The Morgan fingerprint density at radius 2 is 1.48 bits per heavy atom. The number of aromatic nitrogens is 1. The number of likely N-dealkylation sites (N-methyl/N-ethyl adjacent to an activating group) is 1. The van der Waals surface area contributed by atoms with Crippen LogP contribution in [0.15, 0.2) is 83.3 Å². The normalized spacial score (nSPS) is 14.1. The smallest absolute Gasteiger partial charge is 0.242 e. The third-order valence-corrected chi connectivity index (χ3v) is 7.29. The molecule has 1 aromatic heterocycles. The lowest BCUT2D eigenvalue weighted by Gasteiger charge is -2.40. The van der Waals surface area contributed by atoms with Gasteiger partial charge in [-0.3, -0.25) is 9.69 Å². The molecule has 0 bridgehead atoms. The predicted octanol–water partition coefficient (Wildman–Crippen LogP) is 5.94. The van der Waals surface area contributed by atoms with E-state index in [1.165, 1.54) is 24.3 Å². The van der Waals surface area contributed by atoms with E-state index in [4.69, 9.17) is 9.40 Å². The van der Waals surface area contributed by atoms with Gasteiger partial charge in [0.2, 0.25) is 11.8 Å². The second-order valence-corrected chi connectivity index (χ2v) is 10.2. The number of carbonyl (C=O) groups is 1. The van der Waals surface area contributed by atoms with Crippen LogP contribution in [0.5, 0.6) is 0 Å². The highest BCUT2D eigenvalue weighted by molar-refractivity contribution is 5.83. The van der Waals surface area contributed by atoms with Crippen LogP contribution in [0.3, 0.4) is 0 Å². The van der Waals surface area contributed by atoms with Crippen molar-refractivity contribution >= 4 is 11.8 Å². The van der Waals surface area contributed by atoms with E-state index in [9.17, 15) is 13.6 Å². The number of rotatable bonds is 9. The zero-order chi connectivity index (χ0) is 28.1. The van der Waals surface area contributed by atoms with Gasteiger partial charge in [0, 0.05) is 45.2 Å². The summed E-state index contributed by atoms with van der Waals surface area (Å²) in [6.07, 6.45) is 1.64. The second kappa shape index (κ2) is 12.4. The summed E-state index contributed by atoms with van der Waals surface area (Å²) >= 11 is 0. The van der Waals surface area contributed by atoms with Crippen molar-refractivity contribution in [3.63, 3.8) is 0 Å². The number of halogens is 2. The van der Waals surface area contributed by atoms with Gasteiger partial charge in [-0.25, -0.2) is 13.8 Å². The van der Waals surface area contributed by atoms with E-state index in [0.29, 0.717) is 38.0 Å². The van der Waals surface area contributed by atoms with E-state index < -0.39 is 0 Å². The minimum Gasteiger partial charge on any atom is -0.424 e. The minimum absolute atomic E-state index is 0.00900. The monoisotopic (exact) mass is 544 g/mol. The van der Waals surface area contributed by atoms with Gasteiger partial charge in [0.25, 0.3) is 0 Å². The number of nitrogens with zero attached hydrogens (tertiary/aromatic N) is 4. The molecule has 3 aromatic carbocycles. The van der Waals surface area contributed by atoms with Crippen molar-refractivity contribution in [2.75, 3.05) is 44.7 Å². The molecule has 0 saturated carbocycles. The number of carbonyl (C=O) groups excluding carboxylic acids is 1. The van der Waals surface area contributed by atoms with Crippen LogP contribution in [0, 0.1) is 11.6 Å². The Hall–Kier alpha value is -4.04. The summed E-state index contributed by atoms with van der Waals surface area (Å²) in [5.41, 5.74) is 3.54. The molecule has 208 valence electrons. The van der Waals surface area contributed by atoms with E-state index >= 15 is 0 Å². The molecular formula is C32H34F2N4O2. The molecule has 0 radical (unpaired) electrons. The molecule has 0 unspecified atom stereocenters. The Morgan fingerprint density at radius 3 is 2.02 bits per heavy atom. The van der Waals surface area contributed by atoms with Crippen LogP contribution < -0.4 is 4.90 Å². The quantitative estimate of drug-likeness (QED) is 0.261. The van der Waals surface area contributed by atoms with Gasteiger partial charge in [0.1, 0.15) is 17.3 Å². The van der Waals surface area contributed by atoms with E-state index in [0.717, 1.165) is 35.2 Å². The molecule has 0 atom stereocenters. The molecule has 1 saturated heterocycles. The van der Waals surface area contributed by atoms with Gasteiger partial charge in [-0.1, -0.05) is 61.5 Å². The molecule has 0 aliphatic carbocycles. The van der Waals surface area contributed by atoms with Gasteiger partial charge in [0.15, 0.2) is 5.89 Å². The first-order valence-corrected chi connectivity index (χ1v) is 13.7. The zero-order valence-corrected chi connectivity index (χ0v) is 22.9. The number of aryl methyl sites for hydroxylation is 1. The van der Waals surface area contributed by atoms with Gasteiger partial charge in [0.05, 0.1) is 12.6 Å². The Balaban J connectivity index is 1.28. The fourth-order valence-electron chi connectivity index (χ4n) is 5.23. The van der Waals surface area contributed by atoms with Crippen molar-refractivity contribution in [2.24, 2.45) is 0 Å². The maximum Gasteiger partial charge on any atom is 0.242 e. The van der Waals surface area contributed by atoms with Crippen LogP contribution in [-0.2, 0) is 11.2 Å². The first-order valence-electron chi connectivity index (χ1n) is 13.7. The van der Waals surface area contributed by atoms with Gasteiger partial charge >= 0.3 is 0 Å². The third-order valence-electron chi connectivity index (χ3n) is 7.29. The highest BCUT2D eigenvalue weighted by atomic mass is 19.1. The SMILES string of the molecule is CCCc1nc(-c2ccccc2)c(N(C)CC(=O)N2CCN(C(c3ccc(F)cc3)c3ccc(F)cc3)CC2)o1. The number of hydrogen-bond acceptors (Lipinski definition) is 5. The maximum atomic E-state index is 13.7. The number of amides is 1. The standard InChI is InChI=1S/C32H34F2N4O2/c1-3-7-28-35-30(23-8-5-4-6-9-23)32(40-28)36(2)22-29(39)37-18-20-38(21-19-37)31(24-10-14-26(33)15-11-24)25-12-16-27(34)17-13-25/h4-6,8-17,31H,3,7,18-22H2,1-2H3. The summed E-state index contributed by atoms with van der Waals surface area (Å²) in [5.74, 6) is 0.663. The fraction of sp³-hybridized carbons (Fsp3) is 0.312. The molecule has 2 heterocycles. The fourth-order valence-corrected chi connectivity index (χ4v) is 5.23. The summed E-state index contributed by atoms with van der Waals surface area (Å²) in [4.78, 5) is 24.1. The Bertz CT molecular complexity index is 1350. The minimum atomic E-state index is -0.301. The summed E-state index contributed by atoms with van der Waals surface area (Å²) in [6, 6.07) is 22.5. The molecule has 1 amide bonds. The first-order chi connectivity index (χ1) is 19.4. The maximum absolute atomic E-state index is 13.7. The van der Waals surface area contributed by atoms with Gasteiger partial charge in [-0.2, -0.15) is 0 Å². The first kappa shape index (κ1) is 27.5. The average molecular weight is 545 g/mol. The molecule has 8 heteroatoms. The Labute approximate surface area is 233 Å². The number of anilines is 1. The summed E-state index contributed by atoms with van der Waals surface area (Å²) < 4.78 is 33.4. The van der Waals surface area contributed by atoms with E-state index in [1.54, 1.807) is 24.3 Å². The van der Waals surface area contributed by atoms with Crippen LogP contribution >= 0.6 is 0 Å². The third kappa shape index (κ3) is 6.23. The Morgan fingerprint density at radius 1 is 0.900 bits per heavy atom. The lowest BCUT2D eigenvalue weighted by Crippen LogP contribution is -2.51. The van der Waals surface area contributed by atoms with E-state index in [2.05, 4.69) is 11.8 Å². The zero-order valence-electron chi connectivity index (χ0n) is 22.9. The van der Waals surface area contributed by atoms with E-state index in [-0.39, 0.29) is 30.1 Å². The van der Waals surface area contributed by atoms with Crippen LogP contribution in [0.25, 0.3) is 11.3 Å².